The van der Waals surface area contributed by atoms with Crippen molar-refractivity contribution in [2.45, 2.75) is 13.0 Å². The first-order valence-electron chi connectivity index (χ1n) is 6.09. The van der Waals surface area contributed by atoms with Crippen LogP contribution < -0.4 is 11.1 Å². The number of nitriles is 1. The number of rotatable bonds is 5. The number of nitro groups is 1. The van der Waals surface area contributed by atoms with E-state index in [0.29, 0.717) is 0 Å². The number of nitrogens with one attached hydrogen (secondary N) is 1. The molecule has 0 aliphatic carbocycles. The molecule has 0 saturated carbocycles. The number of nitrogens with zero attached hydrogens (tertiary/aromatic N) is 2. The minimum atomic E-state index is -1.03. The smallest absolute Gasteiger partial charge is 0.315 e. The molecule has 5 N–H and O–H groups in total. The lowest BCUT2D eigenvalue weighted by molar-refractivity contribution is -0.386. The van der Waals surface area contributed by atoms with Gasteiger partial charge in [-0.3, -0.25) is 19.7 Å². The first kappa shape index (κ1) is 17.4. The van der Waals surface area contributed by atoms with Crippen LogP contribution in [0, 0.1) is 21.4 Å². The first-order valence-corrected chi connectivity index (χ1v) is 6.09. The third kappa shape index (κ3) is 4.18. The molecule has 120 valence electrons. The van der Waals surface area contributed by atoms with E-state index in [1.807, 2.05) is 0 Å². The standard InChI is InChI=1S/C13H12N4O6/c1-6(12(15)20)16-13(21)8(5-14)2-7-3-9(17(22)23)11(19)10(18)4-7/h2-4,6,18-19H,1H3,(H2,15,20)(H,16,21)/b8-2+. The molecule has 1 unspecified atom stereocenters. The van der Waals surface area contributed by atoms with Gasteiger partial charge in [0.1, 0.15) is 17.7 Å². The Morgan fingerprint density at radius 1 is 1.48 bits per heavy atom. The number of amides is 2. The van der Waals surface area contributed by atoms with Gasteiger partial charge in [0.2, 0.25) is 11.7 Å². The molecule has 1 aromatic rings. The summed E-state index contributed by atoms with van der Waals surface area (Å²) in [6.07, 6.45) is 0.954. The zero-order valence-corrected chi connectivity index (χ0v) is 11.8. The highest BCUT2D eigenvalue weighted by atomic mass is 16.6. The summed E-state index contributed by atoms with van der Waals surface area (Å²) < 4.78 is 0. The Balaban J connectivity index is 3.22. The molecular weight excluding hydrogens is 308 g/mol. The van der Waals surface area contributed by atoms with Crippen molar-refractivity contribution < 1.29 is 24.7 Å². The van der Waals surface area contributed by atoms with Crippen LogP contribution in [0.2, 0.25) is 0 Å². The van der Waals surface area contributed by atoms with Crippen molar-refractivity contribution in [1.29, 1.82) is 5.26 Å². The second kappa shape index (κ2) is 6.90. The van der Waals surface area contributed by atoms with E-state index in [-0.39, 0.29) is 5.56 Å². The second-order valence-corrected chi connectivity index (χ2v) is 4.43. The van der Waals surface area contributed by atoms with Gasteiger partial charge in [-0.15, -0.1) is 0 Å². The summed E-state index contributed by atoms with van der Waals surface area (Å²) in [4.78, 5) is 32.5. The molecule has 0 fully saturated rings. The number of primary amides is 1. The van der Waals surface area contributed by atoms with Crippen molar-refractivity contribution in [3.8, 4) is 17.6 Å². The molecule has 0 heterocycles. The number of benzene rings is 1. The maximum absolute atomic E-state index is 11.8. The third-order valence-corrected chi connectivity index (χ3v) is 2.74. The van der Waals surface area contributed by atoms with E-state index in [1.165, 1.54) is 6.92 Å². The van der Waals surface area contributed by atoms with Gasteiger partial charge in [-0.05, 0) is 24.6 Å². The van der Waals surface area contributed by atoms with Gasteiger partial charge >= 0.3 is 5.69 Å². The van der Waals surface area contributed by atoms with E-state index in [4.69, 9.17) is 11.0 Å². The number of aromatic hydroxyl groups is 2. The van der Waals surface area contributed by atoms with E-state index >= 15 is 0 Å². The maximum atomic E-state index is 11.8. The van der Waals surface area contributed by atoms with Gasteiger partial charge < -0.3 is 21.3 Å². The van der Waals surface area contributed by atoms with E-state index in [0.717, 1.165) is 18.2 Å². The summed E-state index contributed by atoms with van der Waals surface area (Å²) in [5, 5.41) is 40.7. The van der Waals surface area contributed by atoms with Gasteiger partial charge in [0, 0.05) is 6.07 Å². The molecule has 0 spiro atoms. The Hall–Kier alpha value is -3.61. The number of hydrogen-bond acceptors (Lipinski definition) is 7. The molecule has 0 radical (unpaired) electrons. The van der Waals surface area contributed by atoms with Crippen molar-refractivity contribution in [2.24, 2.45) is 5.73 Å². The monoisotopic (exact) mass is 320 g/mol. The Labute approximate surface area is 129 Å². The summed E-state index contributed by atoms with van der Waals surface area (Å²) in [6, 6.07) is 2.34. The van der Waals surface area contributed by atoms with Crippen LogP contribution in [0.3, 0.4) is 0 Å². The highest BCUT2D eigenvalue weighted by molar-refractivity contribution is 6.03. The predicted molar refractivity (Wildman–Crippen MR) is 76.8 cm³/mol. The third-order valence-electron chi connectivity index (χ3n) is 2.74. The van der Waals surface area contributed by atoms with Gasteiger partial charge in [-0.1, -0.05) is 0 Å². The van der Waals surface area contributed by atoms with Crippen LogP contribution in [0.15, 0.2) is 17.7 Å². The molecule has 2 amide bonds. The number of nitro benzene ring substituents is 1. The molecule has 0 bridgehead atoms. The van der Waals surface area contributed by atoms with E-state index in [9.17, 15) is 29.9 Å². The lowest BCUT2D eigenvalue weighted by Gasteiger charge is -2.09. The number of carbonyl (C=O) groups is 2. The van der Waals surface area contributed by atoms with Crippen LogP contribution in [-0.2, 0) is 9.59 Å². The number of hydrogen-bond donors (Lipinski definition) is 4. The maximum Gasteiger partial charge on any atom is 0.315 e. The fourth-order valence-corrected chi connectivity index (χ4v) is 1.51. The van der Waals surface area contributed by atoms with Crippen molar-refractivity contribution in [3.05, 3.63) is 33.4 Å². The van der Waals surface area contributed by atoms with Crippen LogP contribution in [-0.4, -0.2) is 33.0 Å². The Morgan fingerprint density at radius 3 is 2.57 bits per heavy atom. The quantitative estimate of drug-likeness (QED) is 0.192. The molecule has 0 aromatic heterocycles. The summed E-state index contributed by atoms with van der Waals surface area (Å²) in [7, 11) is 0. The number of nitrogens with two attached hydrogens (primary N) is 1. The van der Waals surface area contributed by atoms with Crippen LogP contribution in [0.5, 0.6) is 11.5 Å². The largest absolute Gasteiger partial charge is 0.504 e. The van der Waals surface area contributed by atoms with E-state index < -0.39 is 45.5 Å². The van der Waals surface area contributed by atoms with Gasteiger partial charge in [0.25, 0.3) is 5.91 Å². The van der Waals surface area contributed by atoms with Gasteiger partial charge in [0.05, 0.1) is 4.92 Å². The zero-order valence-electron chi connectivity index (χ0n) is 11.8. The van der Waals surface area contributed by atoms with Crippen LogP contribution in [0.4, 0.5) is 5.69 Å². The van der Waals surface area contributed by atoms with Crippen molar-refractivity contribution in [3.63, 3.8) is 0 Å². The number of phenols is 2. The summed E-state index contributed by atoms with van der Waals surface area (Å²) in [5.74, 6) is -3.45. The number of phenolic OH excluding ortho intramolecular Hbond substituents is 2. The van der Waals surface area contributed by atoms with Crippen molar-refractivity contribution in [2.75, 3.05) is 0 Å². The molecule has 23 heavy (non-hydrogen) atoms. The molecule has 1 aromatic carbocycles. The molecule has 0 saturated heterocycles. The van der Waals surface area contributed by atoms with Crippen LogP contribution >= 0.6 is 0 Å². The van der Waals surface area contributed by atoms with Crippen LogP contribution in [0.1, 0.15) is 12.5 Å². The Kier molecular flexibility index (Phi) is 5.23. The molecule has 0 aliphatic rings. The topological polar surface area (TPSA) is 180 Å². The molecular formula is C13H12N4O6. The second-order valence-electron chi connectivity index (χ2n) is 4.43. The van der Waals surface area contributed by atoms with Crippen molar-refractivity contribution >= 4 is 23.6 Å². The normalized spacial score (nSPS) is 12.1. The average molecular weight is 320 g/mol. The SMILES string of the molecule is CC(NC(=O)/C(C#N)=C/c1cc(O)c(O)c([N+](=O)[O-])c1)C(N)=O. The van der Waals surface area contributed by atoms with Gasteiger partial charge in [-0.25, -0.2) is 0 Å². The summed E-state index contributed by atoms with van der Waals surface area (Å²) in [6.45, 7) is 1.31. The fraction of sp³-hybridized carbons (Fsp3) is 0.154. The summed E-state index contributed by atoms with van der Waals surface area (Å²) in [5.41, 5.74) is 3.65. The minimum Gasteiger partial charge on any atom is -0.504 e. The lowest BCUT2D eigenvalue weighted by atomic mass is 10.1. The lowest BCUT2D eigenvalue weighted by Crippen LogP contribution is -2.42. The zero-order chi connectivity index (χ0) is 17.7. The highest BCUT2D eigenvalue weighted by Gasteiger charge is 2.20. The Bertz CT molecular complexity index is 750. The molecule has 1 rings (SSSR count). The van der Waals surface area contributed by atoms with Crippen molar-refractivity contribution in [1.82, 2.24) is 5.32 Å². The molecule has 1 atom stereocenters. The predicted octanol–water partition coefficient (Wildman–Crippen LogP) is -0.0970. The minimum absolute atomic E-state index is 0.0644. The molecule has 10 heteroatoms. The first-order chi connectivity index (χ1) is 10.7. The molecule has 0 aliphatic heterocycles. The highest BCUT2D eigenvalue weighted by Crippen LogP contribution is 2.36. The molecule has 10 nitrogen and oxygen atoms in total. The van der Waals surface area contributed by atoms with Gasteiger partial charge in [0.15, 0.2) is 5.75 Å². The van der Waals surface area contributed by atoms with E-state index in [1.54, 1.807) is 6.07 Å². The van der Waals surface area contributed by atoms with Gasteiger partial charge in [-0.2, -0.15) is 5.26 Å². The van der Waals surface area contributed by atoms with Crippen LogP contribution in [0.25, 0.3) is 6.08 Å². The summed E-state index contributed by atoms with van der Waals surface area (Å²) >= 11 is 0. The fourth-order valence-electron chi connectivity index (χ4n) is 1.51. The average Bonchev–Trinajstić information content (AvgIpc) is 2.47. The number of carbonyl (C=O) groups excluding carboxylic acids is 2. The Morgan fingerprint density at radius 2 is 2.09 bits per heavy atom. The van der Waals surface area contributed by atoms with E-state index in [2.05, 4.69) is 5.32 Å².